The Hall–Kier alpha value is -0.810. The Kier molecular flexibility index (Phi) is 8.04. The molecular formula is C9H17ClN2O3. The Morgan fingerprint density at radius 2 is 2.13 bits per heavy atom. The van der Waals surface area contributed by atoms with Crippen LogP contribution in [0.3, 0.4) is 0 Å². The molecule has 0 spiro atoms. The van der Waals surface area contributed by atoms with Gasteiger partial charge in [0.2, 0.25) is 11.8 Å². The molecule has 5 nitrogen and oxygen atoms in total. The van der Waals surface area contributed by atoms with Crippen LogP contribution >= 0.6 is 11.6 Å². The standard InChI is InChI=1S/C9H17ClN2O3/c1-7(12-8(13)3-4-10)9(14)11-5-6-15-2/h7H,3-6H2,1-2H3,(H,11,14)(H,12,13). The molecule has 15 heavy (non-hydrogen) atoms. The summed E-state index contributed by atoms with van der Waals surface area (Å²) in [6.45, 7) is 2.51. The fourth-order valence-electron chi connectivity index (χ4n) is 0.894. The molecule has 0 bridgehead atoms. The molecule has 0 aliphatic carbocycles. The number of hydrogen-bond acceptors (Lipinski definition) is 3. The summed E-state index contributed by atoms with van der Waals surface area (Å²) in [5.41, 5.74) is 0. The predicted molar refractivity (Wildman–Crippen MR) is 57.8 cm³/mol. The third-order valence-corrected chi connectivity index (χ3v) is 1.89. The van der Waals surface area contributed by atoms with Crippen LogP contribution in [0.1, 0.15) is 13.3 Å². The summed E-state index contributed by atoms with van der Waals surface area (Å²) in [5.74, 6) is -0.196. The van der Waals surface area contributed by atoms with Crippen LogP contribution in [0.4, 0.5) is 0 Å². The molecule has 2 amide bonds. The van der Waals surface area contributed by atoms with Gasteiger partial charge in [-0.15, -0.1) is 11.6 Å². The maximum Gasteiger partial charge on any atom is 0.242 e. The van der Waals surface area contributed by atoms with Crippen LogP contribution in [0, 0.1) is 0 Å². The van der Waals surface area contributed by atoms with Crippen LogP contribution in [0.2, 0.25) is 0 Å². The predicted octanol–water partition coefficient (Wildman–Crippen LogP) is -0.117. The number of methoxy groups -OCH3 is 1. The molecule has 0 aliphatic heterocycles. The summed E-state index contributed by atoms with van der Waals surface area (Å²) in [6.07, 6.45) is 0.219. The van der Waals surface area contributed by atoms with Crippen molar-refractivity contribution in [3.8, 4) is 0 Å². The van der Waals surface area contributed by atoms with Gasteiger partial charge >= 0.3 is 0 Å². The molecule has 6 heteroatoms. The molecule has 0 aliphatic rings. The van der Waals surface area contributed by atoms with Crippen LogP contribution in [0.25, 0.3) is 0 Å². The Labute approximate surface area is 94.5 Å². The van der Waals surface area contributed by atoms with Gasteiger partial charge in [0.1, 0.15) is 6.04 Å². The topological polar surface area (TPSA) is 67.4 Å². The Morgan fingerprint density at radius 1 is 1.47 bits per heavy atom. The molecule has 0 aromatic rings. The van der Waals surface area contributed by atoms with E-state index in [0.717, 1.165) is 0 Å². The van der Waals surface area contributed by atoms with Gasteiger partial charge in [0, 0.05) is 26.0 Å². The van der Waals surface area contributed by atoms with Crippen molar-refractivity contribution in [1.82, 2.24) is 10.6 Å². The molecule has 0 saturated carbocycles. The molecular weight excluding hydrogens is 220 g/mol. The third kappa shape index (κ3) is 7.16. The Bertz CT molecular complexity index is 212. The first-order chi connectivity index (χ1) is 7.11. The second kappa shape index (κ2) is 8.49. The SMILES string of the molecule is COCCNC(=O)C(C)NC(=O)CCCl. The zero-order valence-electron chi connectivity index (χ0n) is 9.01. The molecule has 0 saturated heterocycles. The summed E-state index contributed by atoms with van der Waals surface area (Å²) < 4.78 is 4.77. The fourth-order valence-corrected chi connectivity index (χ4v) is 1.07. The zero-order chi connectivity index (χ0) is 11.7. The van der Waals surface area contributed by atoms with Gasteiger partial charge in [0.25, 0.3) is 0 Å². The average molecular weight is 237 g/mol. The van der Waals surface area contributed by atoms with E-state index in [0.29, 0.717) is 13.2 Å². The smallest absolute Gasteiger partial charge is 0.242 e. The van der Waals surface area contributed by atoms with Crippen molar-refractivity contribution < 1.29 is 14.3 Å². The number of ether oxygens (including phenoxy) is 1. The monoisotopic (exact) mass is 236 g/mol. The van der Waals surface area contributed by atoms with Gasteiger partial charge < -0.3 is 15.4 Å². The van der Waals surface area contributed by atoms with E-state index in [1.54, 1.807) is 14.0 Å². The highest BCUT2D eigenvalue weighted by molar-refractivity contribution is 6.18. The molecule has 2 N–H and O–H groups in total. The maximum absolute atomic E-state index is 11.3. The molecule has 0 heterocycles. The molecule has 0 aromatic carbocycles. The van der Waals surface area contributed by atoms with Crippen LogP contribution in [-0.2, 0) is 14.3 Å². The van der Waals surface area contributed by atoms with Crippen LogP contribution in [0.5, 0.6) is 0 Å². The van der Waals surface area contributed by atoms with Crippen molar-refractivity contribution >= 4 is 23.4 Å². The van der Waals surface area contributed by atoms with Gasteiger partial charge in [-0.1, -0.05) is 0 Å². The van der Waals surface area contributed by atoms with E-state index in [9.17, 15) is 9.59 Å². The van der Waals surface area contributed by atoms with E-state index in [-0.39, 0.29) is 24.1 Å². The molecule has 1 atom stereocenters. The van der Waals surface area contributed by atoms with Gasteiger partial charge in [-0.2, -0.15) is 0 Å². The Morgan fingerprint density at radius 3 is 2.67 bits per heavy atom. The van der Waals surface area contributed by atoms with Crippen molar-refractivity contribution in [3.63, 3.8) is 0 Å². The lowest BCUT2D eigenvalue weighted by Gasteiger charge is -2.13. The second-order valence-electron chi connectivity index (χ2n) is 3.01. The number of amides is 2. The van der Waals surface area contributed by atoms with Crippen LogP contribution in [0.15, 0.2) is 0 Å². The summed E-state index contributed by atoms with van der Waals surface area (Å²) in [5, 5.41) is 5.15. The fraction of sp³-hybridized carbons (Fsp3) is 0.778. The molecule has 0 aromatic heterocycles. The van der Waals surface area contributed by atoms with E-state index < -0.39 is 6.04 Å². The second-order valence-corrected chi connectivity index (χ2v) is 3.39. The van der Waals surface area contributed by atoms with Gasteiger partial charge in [-0.25, -0.2) is 0 Å². The molecule has 1 unspecified atom stereocenters. The highest BCUT2D eigenvalue weighted by atomic mass is 35.5. The maximum atomic E-state index is 11.3. The number of alkyl halides is 1. The van der Waals surface area contributed by atoms with Crippen LogP contribution in [-0.4, -0.2) is 44.0 Å². The minimum absolute atomic E-state index is 0.219. The van der Waals surface area contributed by atoms with Crippen molar-refractivity contribution in [2.24, 2.45) is 0 Å². The first-order valence-corrected chi connectivity index (χ1v) is 5.27. The number of carbonyl (C=O) groups is 2. The molecule has 88 valence electrons. The lowest BCUT2D eigenvalue weighted by Crippen LogP contribution is -2.45. The summed E-state index contributed by atoms with van der Waals surface area (Å²) in [4.78, 5) is 22.4. The van der Waals surface area contributed by atoms with Gasteiger partial charge in [-0.3, -0.25) is 9.59 Å². The number of halogens is 1. The normalized spacial score (nSPS) is 11.9. The summed E-state index contributed by atoms with van der Waals surface area (Å²) in [6, 6.07) is -0.544. The van der Waals surface area contributed by atoms with Crippen molar-refractivity contribution in [2.75, 3.05) is 26.1 Å². The van der Waals surface area contributed by atoms with E-state index in [1.165, 1.54) is 0 Å². The summed E-state index contributed by atoms with van der Waals surface area (Å²) in [7, 11) is 1.55. The molecule has 0 fully saturated rings. The van der Waals surface area contributed by atoms with Gasteiger partial charge in [0.05, 0.1) is 6.61 Å². The zero-order valence-corrected chi connectivity index (χ0v) is 9.76. The largest absolute Gasteiger partial charge is 0.383 e. The number of nitrogens with one attached hydrogen (secondary N) is 2. The molecule has 0 rings (SSSR count). The lowest BCUT2D eigenvalue weighted by atomic mass is 10.3. The number of rotatable bonds is 7. The summed E-state index contributed by atoms with van der Waals surface area (Å²) >= 11 is 5.38. The van der Waals surface area contributed by atoms with Gasteiger partial charge in [0.15, 0.2) is 0 Å². The van der Waals surface area contributed by atoms with Crippen molar-refractivity contribution in [1.29, 1.82) is 0 Å². The Balaban J connectivity index is 3.73. The first kappa shape index (κ1) is 14.2. The van der Waals surface area contributed by atoms with Crippen molar-refractivity contribution in [2.45, 2.75) is 19.4 Å². The van der Waals surface area contributed by atoms with E-state index in [4.69, 9.17) is 16.3 Å². The number of carbonyl (C=O) groups excluding carboxylic acids is 2. The number of hydrogen-bond donors (Lipinski definition) is 2. The van der Waals surface area contributed by atoms with Gasteiger partial charge in [-0.05, 0) is 6.92 Å². The minimum atomic E-state index is -0.544. The van der Waals surface area contributed by atoms with E-state index in [2.05, 4.69) is 10.6 Å². The first-order valence-electron chi connectivity index (χ1n) is 4.73. The van der Waals surface area contributed by atoms with E-state index in [1.807, 2.05) is 0 Å². The van der Waals surface area contributed by atoms with E-state index >= 15 is 0 Å². The third-order valence-electron chi connectivity index (χ3n) is 1.70. The highest BCUT2D eigenvalue weighted by Crippen LogP contribution is 1.88. The highest BCUT2D eigenvalue weighted by Gasteiger charge is 2.14. The molecule has 0 radical (unpaired) electrons. The lowest BCUT2D eigenvalue weighted by molar-refractivity contribution is -0.128. The van der Waals surface area contributed by atoms with Crippen molar-refractivity contribution in [3.05, 3.63) is 0 Å². The minimum Gasteiger partial charge on any atom is -0.383 e. The van der Waals surface area contributed by atoms with Crippen LogP contribution < -0.4 is 10.6 Å². The quantitative estimate of drug-likeness (QED) is 0.479. The average Bonchev–Trinajstić information content (AvgIpc) is 2.18.